The number of aromatic nitrogens is 5. The van der Waals surface area contributed by atoms with Gasteiger partial charge in [0.05, 0.1) is 28.4 Å². The highest BCUT2D eigenvalue weighted by Crippen LogP contribution is 2.34. The number of imidazole rings is 1. The molecule has 1 aromatic carbocycles. The monoisotopic (exact) mass is 518 g/mol. The fourth-order valence-corrected chi connectivity index (χ4v) is 4.36. The first-order valence-corrected chi connectivity index (χ1v) is 11.5. The number of alkyl halides is 3. The van der Waals surface area contributed by atoms with Gasteiger partial charge in [-0.25, -0.2) is 9.78 Å². The average molecular weight is 518 g/mol. The van der Waals surface area contributed by atoms with Crippen LogP contribution in [0.5, 0.6) is 0 Å². The minimum absolute atomic E-state index is 0.0597. The zero-order valence-corrected chi connectivity index (χ0v) is 20.5. The van der Waals surface area contributed by atoms with Gasteiger partial charge in [0, 0.05) is 36.6 Å². The summed E-state index contributed by atoms with van der Waals surface area (Å²) in [5, 5.41) is 9.67. The van der Waals surface area contributed by atoms with Crippen LogP contribution in [0.4, 0.5) is 13.2 Å². The first-order chi connectivity index (χ1) is 17.9. The number of pyridine rings is 2. The molecule has 0 amide bonds. The van der Waals surface area contributed by atoms with Gasteiger partial charge in [-0.1, -0.05) is 12.1 Å². The van der Waals surface area contributed by atoms with E-state index in [1.165, 1.54) is 33.8 Å². The van der Waals surface area contributed by atoms with Crippen molar-refractivity contribution < 1.29 is 13.2 Å². The van der Waals surface area contributed by atoms with Gasteiger partial charge in [-0.15, -0.1) is 0 Å². The number of nitrogens with zero attached hydrogens (tertiary/aromatic N) is 4. The number of halogens is 3. The summed E-state index contributed by atoms with van der Waals surface area (Å²) < 4.78 is 42.3. The Bertz CT molecular complexity index is 1850. The van der Waals surface area contributed by atoms with E-state index >= 15 is 0 Å². The number of nitriles is 1. The van der Waals surface area contributed by atoms with Crippen LogP contribution >= 0.6 is 0 Å². The number of nitrogens with one attached hydrogen (secondary N) is 2. The summed E-state index contributed by atoms with van der Waals surface area (Å²) >= 11 is 0. The Labute approximate surface area is 213 Å². The summed E-state index contributed by atoms with van der Waals surface area (Å²) in [7, 11) is 1.55. The summed E-state index contributed by atoms with van der Waals surface area (Å²) in [5.41, 5.74) is -0.0332. The quantitative estimate of drug-likeness (QED) is 0.353. The van der Waals surface area contributed by atoms with Gasteiger partial charge in [0.2, 0.25) is 0 Å². The Balaban J connectivity index is 1.70. The van der Waals surface area contributed by atoms with Crippen molar-refractivity contribution in [2.45, 2.75) is 25.4 Å². The van der Waals surface area contributed by atoms with E-state index in [9.17, 15) is 28.0 Å². The van der Waals surface area contributed by atoms with Crippen LogP contribution in [0.25, 0.3) is 39.1 Å². The Kier molecular flexibility index (Phi) is 5.63. The molecule has 0 unspecified atom stereocenters. The van der Waals surface area contributed by atoms with Crippen LogP contribution in [0, 0.1) is 11.3 Å². The molecule has 0 atom stereocenters. The molecule has 2 N–H and O–H groups in total. The molecule has 4 aromatic heterocycles. The molecule has 192 valence electrons. The zero-order chi connectivity index (χ0) is 27.4. The maximum Gasteiger partial charge on any atom is 0.431 e. The van der Waals surface area contributed by atoms with Crippen LogP contribution in [0.1, 0.15) is 25.1 Å². The topological polar surface area (TPSA) is 112 Å². The van der Waals surface area contributed by atoms with E-state index in [-0.39, 0.29) is 22.3 Å². The smallest absolute Gasteiger partial charge is 0.336 e. The molecule has 8 nitrogen and oxygen atoms in total. The number of fused-ring (bicyclic) bond motifs is 1. The van der Waals surface area contributed by atoms with Crippen molar-refractivity contribution in [3.8, 4) is 34.1 Å². The van der Waals surface area contributed by atoms with Crippen molar-refractivity contribution in [1.29, 1.82) is 5.26 Å². The summed E-state index contributed by atoms with van der Waals surface area (Å²) in [5.74, 6) is 0. The maximum atomic E-state index is 13.2. The molecule has 0 spiro atoms. The lowest BCUT2D eigenvalue weighted by Crippen LogP contribution is -2.22. The van der Waals surface area contributed by atoms with E-state index in [0.29, 0.717) is 16.8 Å². The molecular formula is C27H21F3N6O2. The molecule has 4 heterocycles. The highest BCUT2D eigenvalue weighted by molar-refractivity contribution is 5.87. The second kappa shape index (κ2) is 8.62. The molecule has 0 aliphatic rings. The van der Waals surface area contributed by atoms with Crippen LogP contribution in [-0.4, -0.2) is 24.1 Å². The van der Waals surface area contributed by atoms with Gasteiger partial charge in [0.1, 0.15) is 11.3 Å². The lowest BCUT2D eigenvalue weighted by atomic mass is 9.86. The van der Waals surface area contributed by atoms with E-state index in [1.54, 1.807) is 51.2 Å². The third-order valence-corrected chi connectivity index (χ3v) is 6.48. The number of benzene rings is 1. The Morgan fingerprint density at radius 3 is 2.42 bits per heavy atom. The van der Waals surface area contributed by atoms with Gasteiger partial charge >= 0.3 is 11.9 Å². The molecule has 0 saturated heterocycles. The molecule has 0 fully saturated rings. The second-order valence-corrected chi connectivity index (χ2v) is 9.46. The van der Waals surface area contributed by atoms with Crippen molar-refractivity contribution in [2.75, 3.05) is 0 Å². The van der Waals surface area contributed by atoms with Crippen molar-refractivity contribution in [1.82, 2.24) is 24.1 Å². The van der Waals surface area contributed by atoms with Gasteiger partial charge in [-0.2, -0.15) is 18.4 Å². The van der Waals surface area contributed by atoms with Crippen molar-refractivity contribution in [3.63, 3.8) is 0 Å². The largest absolute Gasteiger partial charge is 0.431 e. The van der Waals surface area contributed by atoms with Crippen molar-refractivity contribution in [3.05, 3.63) is 93.2 Å². The number of rotatable bonds is 4. The number of hydrogen-bond donors (Lipinski definition) is 2. The van der Waals surface area contributed by atoms with Crippen LogP contribution in [-0.2, 0) is 18.6 Å². The molecule has 38 heavy (non-hydrogen) atoms. The van der Waals surface area contributed by atoms with E-state index in [1.807, 2.05) is 0 Å². The number of aromatic amines is 2. The fourth-order valence-electron chi connectivity index (χ4n) is 4.36. The van der Waals surface area contributed by atoms with Gasteiger partial charge < -0.3 is 14.5 Å². The Morgan fingerprint density at radius 2 is 1.76 bits per heavy atom. The van der Waals surface area contributed by atoms with Gasteiger partial charge in [0.15, 0.2) is 0 Å². The van der Waals surface area contributed by atoms with Gasteiger partial charge in [-0.3, -0.25) is 9.36 Å². The van der Waals surface area contributed by atoms with Crippen molar-refractivity contribution >= 4 is 11.0 Å². The predicted molar refractivity (Wildman–Crippen MR) is 136 cm³/mol. The molecule has 0 aliphatic heterocycles. The van der Waals surface area contributed by atoms with E-state index in [0.717, 1.165) is 11.6 Å². The summed E-state index contributed by atoms with van der Waals surface area (Å²) in [6.07, 6.45) is -0.239. The molecule has 11 heteroatoms. The average Bonchev–Trinajstić information content (AvgIpc) is 3.44. The first kappa shape index (κ1) is 24.8. The summed E-state index contributed by atoms with van der Waals surface area (Å²) in [6, 6.07) is 13.2. The molecule has 0 saturated carbocycles. The third-order valence-electron chi connectivity index (χ3n) is 6.48. The normalized spacial score (nSPS) is 12.1. The minimum atomic E-state index is -4.56. The van der Waals surface area contributed by atoms with Crippen molar-refractivity contribution in [2.24, 2.45) is 7.05 Å². The molecule has 0 radical (unpaired) electrons. The second-order valence-electron chi connectivity index (χ2n) is 9.46. The number of hydrogen-bond acceptors (Lipinski definition) is 4. The maximum absolute atomic E-state index is 13.2. The van der Waals surface area contributed by atoms with Crippen LogP contribution < -0.4 is 11.2 Å². The van der Waals surface area contributed by atoms with E-state index < -0.39 is 28.5 Å². The number of aryl methyl sites for hydroxylation is 1. The molecular weight excluding hydrogens is 497 g/mol. The lowest BCUT2D eigenvalue weighted by molar-refractivity contribution is -0.140. The van der Waals surface area contributed by atoms with Crippen LogP contribution in [0.15, 0.2) is 70.6 Å². The Hall–Kier alpha value is -4.85. The standard InChI is InChI=1S/C27H21F3N6O2/c1-26(2,14-31)17-4-6-18(7-5-17)36-20(13-35(3)25(36)38)22-19(8-9-32-24(22)37)16-10-15-11-21(27(28,29)30)34-23(15)33-12-16/h4-13H,1-3H3,(H,32,37)(H,33,34). The summed E-state index contributed by atoms with van der Waals surface area (Å²) in [4.78, 5) is 35.3. The van der Waals surface area contributed by atoms with Crippen LogP contribution in [0.3, 0.4) is 0 Å². The summed E-state index contributed by atoms with van der Waals surface area (Å²) in [6.45, 7) is 3.57. The first-order valence-electron chi connectivity index (χ1n) is 11.5. The molecule has 5 rings (SSSR count). The number of H-pyrrole nitrogens is 2. The minimum Gasteiger partial charge on any atom is -0.336 e. The van der Waals surface area contributed by atoms with Crippen LogP contribution in [0.2, 0.25) is 0 Å². The van der Waals surface area contributed by atoms with Gasteiger partial charge in [0.25, 0.3) is 5.56 Å². The molecule has 0 bridgehead atoms. The fraction of sp³-hybridized carbons (Fsp3) is 0.185. The highest BCUT2D eigenvalue weighted by atomic mass is 19.4. The molecule has 0 aliphatic carbocycles. The predicted octanol–water partition coefficient (Wildman–Crippen LogP) is 4.89. The highest BCUT2D eigenvalue weighted by Gasteiger charge is 2.33. The third kappa shape index (κ3) is 4.10. The van der Waals surface area contributed by atoms with Gasteiger partial charge in [-0.05, 0) is 55.3 Å². The van der Waals surface area contributed by atoms with E-state index in [2.05, 4.69) is 21.0 Å². The van der Waals surface area contributed by atoms with E-state index in [4.69, 9.17) is 0 Å². The zero-order valence-electron chi connectivity index (χ0n) is 20.5. The SMILES string of the molecule is Cn1cc(-c2c(-c3cnc4[nH]c(C(F)(F)F)cc4c3)cc[nH]c2=O)n(-c2ccc(C(C)(C)C#N)cc2)c1=O. The Morgan fingerprint density at radius 1 is 1.05 bits per heavy atom. The lowest BCUT2D eigenvalue weighted by Gasteiger charge is -2.16. The molecule has 5 aromatic rings.